The highest BCUT2D eigenvalue weighted by Gasteiger charge is 2.26. The molecule has 0 aromatic carbocycles. The molecule has 10 heteroatoms. The van der Waals surface area contributed by atoms with Crippen LogP contribution >= 0.6 is 7.82 Å². The van der Waals surface area contributed by atoms with Crippen molar-refractivity contribution in [1.82, 2.24) is 0 Å². The number of unbranched alkanes of at least 4 members (excludes halogenated alkanes) is 21. The minimum atomic E-state index is -4.42. The fourth-order valence-electron chi connectivity index (χ4n) is 9.16. The molecule has 0 aliphatic heterocycles. The quantitative estimate of drug-likeness (QED) is 0.0264. The summed E-state index contributed by atoms with van der Waals surface area (Å²) in [5.41, 5.74) is 5.39. The molecule has 0 radical (unpaired) electrons. The lowest BCUT2D eigenvalue weighted by molar-refractivity contribution is -0.161. The van der Waals surface area contributed by atoms with Gasteiger partial charge in [0.25, 0.3) is 0 Å². The van der Waals surface area contributed by atoms with Crippen LogP contribution in [0.15, 0.2) is 182 Å². The number of nitrogens with two attached hydrogens (primary N) is 1. The number of rotatable bonds is 64. The van der Waals surface area contributed by atoms with E-state index < -0.39 is 32.5 Å². The molecule has 502 valence electrons. The summed E-state index contributed by atoms with van der Waals surface area (Å²) < 4.78 is 33.1. The van der Waals surface area contributed by atoms with Gasteiger partial charge in [0, 0.05) is 19.4 Å². The lowest BCUT2D eigenvalue weighted by atomic mass is 10.0. The van der Waals surface area contributed by atoms with Crippen molar-refractivity contribution < 1.29 is 37.6 Å². The normalized spacial score (nSPS) is 14.1. The predicted octanol–water partition coefficient (Wildman–Crippen LogP) is 23.5. The molecule has 0 aliphatic carbocycles. The summed E-state index contributed by atoms with van der Waals surface area (Å²) in [6.45, 7) is 3.46. The molecule has 89 heavy (non-hydrogen) atoms. The minimum Gasteiger partial charge on any atom is -0.462 e. The smallest absolute Gasteiger partial charge is 0.462 e. The number of carbonyl (C=O) groups is 2. The second kappa shape index (κ2) is 72.2. The van der Waals surface area contributed by atoms with Gasteiger partial charge in [0.15, 0.2) is 6.10 Å². The second-order valence-electron chi connectivity index (χ2n) is 22.6. The largest absolute Gasteiger partial charge is 0.472 e. The molecule has 0 aromatic heterocycles. The van der Waals surface area contributed by atoms with Crippen molar-refractivity contribution >= 4 is 19.8 Å². The van der Waals surface area contributed by atoms with Crippen LogP contribution in [0.25, 0.3) is 0 Å². The monoisotopic (exact) mass is 1250 g/mol. The summed E-state index contributed by atoms with van der Waals surface area (Å²) in [4.78, 5) is 35.3. The molecule has 3 N–H and O–H groups in total. The third-order valence-corrected chi connectivity index (χ3v) is 15.3. The third-order valence-electron chi connectivity index (χ3n) is 14.3. The maximum atomic E-state index is 12.7. The maximum Gasteiger partial charge on any atom is 0.472 e. The van der Waals surface area contributed by atoms with E-state index in [1.165, 1.54) is 109 Å². The zero-order chi connectivity index (χ0) is 64.4. The van der Waals surface area contributed by atoms with Crippen LogP contribution in [-0.2, 0) is 32.7 Å². The van der Waals surface area contributed by atoms with Crippen molar-refractivity contribution in [2.75, 3.05) is 26.4 Å². The van der Waals surface area contributed by atoms with Gasteiger partial charge in [-0.3, -0.25) is 18.6 Å². The summed E-state index contributed by atoms with van der Waals surface area (Å²) in [6.07, 6.45) is 108. The van der Waals surface area contributed by atoms with Crippen molar-refractivity contribution in [3.05, 3.63) is 182 Å². The highest BCUT2D eigenvalue weighted by molar-refractivity contribution is 7.47. The lowest BCUT2D eigenvalue weighted by Crippen LogP contribution is -2.29. The van der Waals surface area contributed by atoms with E-state index in [4.69, 9.17) is 24.3 Å². The molecule has 0 spiro atoms. The van der Waals surface area contributed by atoms with Crippen LogP contribution in [0.1, 0.15) is 271 Å². The SMILES string of the molecule is CC/C=C\C/C=C\C/C=C\C/C=C\C/C=C\C/C=C\C/C=C\C/C=C\CCCCC(=O)OC(COC(=O)CCCCCCCCCCCCCCCCCCCCC/C=C\C/C=C\C/C=C\C/C=C\C/C=C\C/C=C\C/C=C\CC)COP(=O)(O)OCCN. The molecule has 2 unspecified atom stereocenters. The van der Waals surface area contributed by atoms with Gasteiger partial charge < -0.3 is 20.1 Å². The molecule has 0 bridgehead atoms. The van der Waals surface area contributed by atoms with E-state index >= 15 is 0 Å². The fourth-order valence-corrected chi connectivity index (χ4v) is 9.93. The molecule has 9 nitrogen and oxygen atoms in total. The van der Waals surface area contributed by atoms with Gasteiger partial charge >= 0.3 is 19.8 Å². The summed E-state index contributed by atoms with van der Waals surface area (Å²) in [7, 11) is -4.42. The average Bonchev–Trinajstić information content (AvgIpc) is 3.64. The van der Waals surface area contributed by atoms with E-state index in [-0.39, 0.29) is 32.6 Å². The van der Waals surface area contributed by atoms with Crippen LogP contribution in [0, 0.1) is 0 Å². The molecule has 2 atom stereocenters. The third kappa shape index (κ3) is 72.1. The summed E-state index contributed by atoms with van der Waals surface area (Å²) >= 11 is 0. The number of esters is 2. The Bertz CT molecular complexity index is 2110. The van der Waals surface area contributed by atoms with E-state index in [9.17, 15) is 19.0 Å². The Morgan fingerprint density at radius 3 is 0.888 bits per heavy atom. The van der Waals surface area contributed by atoms with Gasteiger partial charge in [0.2, 0.25) is 0 Å². The number of allylic oxidation sites excluding steroid dienone is 30. The standard InChI is InChI=1S/C79H128NO8P/c1-3-5-7-9-11-13-15-17-19-21-23-25-27-29-31-32-33-34-35-36-37-38-39-40-41-42-43-44-46-47-49-51-53-55-57-59-61-63-65-67-69-71-78(81)85-75-77(76-87-89(83,84)86-74-73-80)88-79(82)72-70-68-66-64-62-60-58-56-54-52-50-48-45-30-28-26-24-22-20-18-16-14-12-10-8-6-4-2/h5-8,11-14,17-20,23-26,29-31,33-34,36-37,45,50,52,56,58,62,64,77H,3-4,9-10,15-16,21-22,27-28,32,35,38-44,46-49,51,53-55,57,59-61,63,65-76,80H2,1-2H3,(H,83,84)/b7-5-,8-6-,13-11-,14-12-,19-17-,20-18-,25-23-,26-24-,31-29-,34-33-,37-36-,45-30-,52-50-,58-56-,64-62-. The Morgan fingerprint density at radius 1 is 0.337 bits per heavy atom. The van der Waals surface area contributed by atoms with Crippen LogP contribution in [0.2, 0.25) is 0 Å². The zero-order valence-corrected chi connectivity index (χ0v) is 57.2. The Balaban J connectivity index is 3.94. The molecular formula is C79H128NO8P. The second-order valence-corrected chi connectivity index (χ2v) is 24.1. The van der Waals surface area contributed by atoms with Crippen LogP contribution in [0.5, 0.6) is 0 Å². The van der Waals surface area contributed by atoms with Gasteiger partial charge in [-0.25, -0.2) is 4.57 Å². The average molecular weight is 1250 g/mol. The predicted molar refractivity (Wildman–Crippen MR) is 385 cm³/mol. The van der Waals surface area contributed by atoms with E-state index in [1.54, 1.807) is 0 Å². The van der Waals surface area contributed by atoms with Crippen molar-refractivity contribution in [1.29, 1.82) is 0 Å². The highest BCUT2D eigenvalue weighted by Crippen LogP contribution is 2.43. The Hall–Kier alpha value is -4.89. The van der Waals surface area contributed by atoms with Gasteiger partial charge in [-0.1, -0.05) is 305 Å². The lowest BCUT2D eigenvalue weighted by Gasteiger charge is -2.19. The molecule has 0 heterocycles. The number of phosphoric acid groups is 1. The van der Waals surface area contributed by atoms with Crippen LogP contribution in [0.3, 0.4) is 0 Å². The zero-order valence-electron chi connectivity index (χ0n) is 56.3. The molecule has 0 aliphatic rings. The molecule has 0 fully saturated rings. The number of hydrogen-bond acceptors (Lipinski definition) is 8. The summed E-state index contributed by atoms with van der Waals surface area (Å²) in [6, 6.07) is 0. The first kappa shape index (κ1) is 84.1. The topological polar surface area (TPSA) is 134 Å². The van der Waals surface area contributed by atoms with Crippen molar-refractivity contribution in [3.63, 3.8) is 0 Å². The minimum absolute atomic E-state index is 0.0380. The number of ether oxygens (including phenoxy) is 2. The molecule has 0 saturated carbocycles. The van der Waals surface area contributed by atoms with Crippen molar-refractivity contribution in [2.24, 2.45) is 5.73 Å². The first-order valence-corrected chi connectivity index (χ1v) is 36.8. The fraction of sp³-hybridized carbons (Fsp3) is 0.595. The van der Waals surface area contributed by atoms with Crippen LogP contribution in [-0.4, -0.2) is 49.3 Å². The maximum absolute atomic E-state index is 12.7. The van der Waals surface area contributed by atoms with Crippen molar-refractivity contribution in [2.45, 2.75) is 277 Å². The Labute approximate surface area is 545 Å². The molecule has 0 rings (SSSR count). The molecular weight excluding hydrogens is 1120 g/mol. The first-order valence-electron chi connectivity index (χ1n) is 35.3. The molecule has 0 saturated heterocycles. The first-order chi connectivity index (χ1) is 43.8. The molecule has 0 amide bonds. The van der Waals surface area contributed by atoms with Crippen LogP contribution in [0.4, 0.5) is 0 Å². The van der Waals surface area contributed by atoms with Gasteiger partial charge in [0.1, 0.15) is 6.61 Å². The number of phosphoric ester groups is 1. The summed E-state index contributed by atoms with van der Waals surface area (Å²) in [5.74, 6) is -0.884. The van der Waals surface area contributed by atoms with Crippen LogP contribution < -0.4 is 5.73 Å². The van der Waals surface area contributed by atoms with Crippen molar-refractivity contribution in [3.8, 4) is 0 Å². The van der Waals surface area contributed by atoms with E-state index in [0.717, 1.165) is 128 Å². The van der Waals surface area contributed by atoms with Gasteiger partial charge in [-0.05, 0) is 135 Å². The number of carbonyl (C=O) groups excluding carboxylic acids is 2. The Morgan fingerprint density at radius 2 is 0.584 bits per heavy atom. The van der Waals surface area contributed by atoms with Gasteiger partial charge in [-0.2, -0.15) is 0 Å². The number of hydrogen-bond donors (Lipinski definition) is 2. The van der Waals surface area contributed by atoms with Gasteiger partial charge in [-0.15, -0.1) is 0 Å². The van der Waals surface area contributed by atoms with E-state index in [1.807, 2.05) is 0 Å². The highest BCUT2D eigenvalue weighted by atomic mass is 31.2. The van der Waals surface area contributed by atoms with E-state index in [2.05, 4.69) is 196 Å². The summed E-state index contributed by atoms with van der Waals surface area (Å²) in [5, 5.41) is 0. The molecule has 0 aromatic rings. The van der Waals surface area contributed by atoms with E-state index in [0.29, 0.717) is 6.42 Å². The Kier molecular flexibility index (Phi) is 68.2. The van der Waals surface area contributed by atoms with Gasteiger partial charge in [0.05, 0.1) is 13.2 Å².